The van der Waals surface area contributed by atoms with Crippen LogP contribution in [0.2, 0.25) is 0 Å². The molecule has 1 saturated heterocycles. The molecular weight excluding hydrogens is 362 g/mol. The van der Waals surface area contributed by atoms with Crippen molar-refractivity contribution in [3.8, 4) is 5.88 Å². The lowest BCUT2D eigenvalue weighted by molar-refractivity contribution is 0.0322. The van der Waals surface area contributed by atoms with Gasteiger partial charge < -0.3 is 9.67 Å². The third kappa shape index (κ3) is 3.81. The minimum absolute atomic E-state index is 0.0338. The molecule has 3 unspecified atom stereocenters. The van der Waals surface area contributed by atoms with E-state index in [0.717, 1.165) is 48.7 Å². The van der Waals surface area contributed by atoms with Crippen LogP contribution in [0.1, 0.15) is 71.3 Å². The number of likely N-dealkylation sites (tertiary alicyclic amines) is 1. The van der Waals surface area contributed by atoms with Gasteiger partial charge in [0.2, 0.25) is 5.88 Å². The van der Waals surface area contributed by atoms with E-state index in [1.54, 1.807) is 0 Å². The van der Waals surface area contributed by atoms with Gasteiger partial charge in [0.15, 0.2) is 5.69 Å². The molecule has 0 spiro atoms. The first kappa shape index (κ1) is 20.4. The van der Waals surface area contributed by atoms with Crippen LogP contribution in [0.25, 0.3) is 10.9 Å². The lowest BCUT2D eigenvalue weighted by Gasteiger charge is -2.47. The van der Waals surface area contributed by atoms with Gasteiger partial charge in [0.25, 0.3) is 0 Å². The third-order valence-electron chi connectivity index (χ3n) is 7.46. The second-order valence-corrected chi connectivity index (χ2v) is 9.22. The van der Waals surface area contributed by atoms with Crippen LogP contribution < -0.4 is 0 Å². The predicted octanol–water partition coefficient (Wildman–Crippen LogP) is 6.38. The molecule has 1 aliphatic carbocycles. The molecular formula is C24H35N3O2. The van der Waals surface area contributed by atoms with Crippen LogP contribution in [0.4, 0.5) is 5.69 Å². The molecule has 3 atom stereocenters. The summed E-state index contributed by atoms with van der Waals surface area (Å²) < 4.78 is 1.96. The topological polar surface area (TPSA) is 57.8 Å². The van der Waals surface area contributed by atoms with Crippen LogP contribution in [0.3, 0.4) is 0 Å². The molecule has 2 heterocycles. The Hall–Kier alpha value is -1.88. The first-order valence-corrected chi connectivity index (χ1v) is 11.5. The number of aromatic nitrogens is 1. The first-order chi connectivity index (χ1) is 14.2. The van der Waals surface area contributed by atoms with Crippen molar-refractivity contribution in [2.45, 2.75) is 77.3 Å². The number of piperidine rings is 1. The normalized spacial score (nSPS) is 26.8. The SMILES string of the molecule is CCCCC1CCCC(C)C1N1CCC(n2c(O)c(N=O)c3ccccc32)CC1. The van der Waals surface area contributed by atoms with Gasteiger partial charge in [-0.1, -0.05) is 51.3 Å². The number of para-hydroxylation sites is 1. The molecule has 1 N–H and O–H groups in total. The van der Waals surface area contributed by atoms with E-state index < -0.39 is 0 Å². The summed E-state index contributed by atoms with van der Waals surface area (Å²) in [7, 11) is 0. The lowest BCUT2D eigenvalue weighted by Crippen LogP contribution is -2.50. The predicted molar refractivity (Wildman–Crippen MR) is 119 cm³/mol. The van der Waals surface area contributed by atoms with Gasteiger partial charge in [-0.3, -0.25) is 4.90 Å². The number of aromatic hydroxyl groups is 1. The van der Waals surface area contributed by atoms with E-state index in [1.165, 1.54) is 38.5 Å². The summed E-state index contributed by atoms with van der Waals surface area (Å²) in [6, 6.07) is 8.64. The van der Waals surface area contributed by atoms with Crippen LogP contribution in [0, 0.1) is 16.7 Å². The molecule has 158 valence electrons. The van der Waals surface area contributed by atoms with Crippen molar-refractivity contribution in [1.29, 1.82) is 0 Å². The lowest BCUT2D eigenvalue weighted by atomic mass is 9.74. The summed E-state index contributed by atoms with van der Waals surface area (Å²) in [5.41, 5.74) is 1.11. The maximum Gasteiger partial charge on any atom is 0.222 e. The van der Waals surface area contributed by atoms with E-state index in [2.05, 4.69) is 23.9 Å². The molecule has 0 amide bonds. The van der Waals surface area contributed by atoms with Crippen LogP contribution in [-0.4, -0.2) is 33.7 Å². The Morgan fingerprint density at radius 1 is 1.14 bits per heavy atom. The molecule has 2 aliphatic rings. The van der Waals surface area contributed by atoms with Crippen molar-refractivity contribution < 1.29 is 5.11 Å². The number of unbranched alkanes of at least 4 members (excludes halogenated alkanes) is 1. The fraction of sp³-hybridized carbons (Fsp3) is 0.667. The van der Waals surface area contributed by atoms with Crippen LogP contribution >= 0.6 is 0 Å². The highest BCUT2D eigenvalue weighted by molar-refractivity contribution is 5.95. The van der Waals surface area contributed by atoms with E-state index in [4.69, 9.17) is 0 Å². The van der Waals surface area contributed by atoms with E-state index in [-0.39, 0.29) is 17.6 Å². The van der Waals surface area contributed by atoms with Crippen molar-refractivity contribution in [2.75, 3.05) is 13.1 Å². The average Bonchev–Trinajstić information content (AvgIpc) is 3.03. The van der Waals surface area contributed by atoms with Crippen LogP contribution in [-0.2, 0) is 0 Å². The zero-order valence-electron chi connectivity index (χ0n) is 17.9. The molecule has 5 heteroatoms. The zero-order chi connectivity index (χ0) is 20.4. The summed E-state index contributed by atoms with van der Waals surface area (Å²) in [6.45, 7) is 6.88. The maximum absolute atomic E-state index is 11.3. The second kappa shape index (κ2) is 8.86. The van der Waals surface area contributed by atoms with Gasteiger partial charge in [-0.25, -0.2) is 0 Å². The smallest absolute Gasteiger partial charge is 0.222 e. The molecule has 0 radical (unpaired) electrons. The minimum Gasteiger partial charge on any atom is -0.493 e. The van der Waals surface area contributed by atoms with Gasteiger partial charge in [-0.2, -0.15) is 0 Å². The monoisotopic (exact) mass is 397 g/mol. The van der Waals surface area contributed by atoms with Gasteiger partial charge in [0.1, 0.15) is 0 Å². The Morgan fingerprint density at radius 3 is 2.62 bits per heavy atom. The fourth-order valence-corrected chi connectivity index (χ4v) is 6.08. The average molecular weight is 398 g/mol. The summed E-state index contributed by atoms with van der Waals surface area (Å²) in [6.07, 6.45) is 10.1. The van der Waals surface area contributed by atoms with Gasteiger partial charge in [0, 0.05) is 30.6 Å². The number of rotatable bonds is 6. The van der Waals surface area contributed by atoms with Crippen molar-refractivity contribution in [3.63, 3.8) is 0 Å². The van der Waals surface area contributed by atoms with E-state index in [0.29, 0.717) is 6.04 Å². The Bertz CT molecular complexity index is 838. The number of fused-ring (bicyclic) bond motifs is 1. The number of benzene rings is 1. The highest BCUT2D eigenvalue weighted by Gasteiger charge is 2.37. The molecule has 2 aromatic rings. The Balaban J connectivity index is 1.52. The molecule has 4 rings (SSSR count). The Morgan fingerprint density at radius 2 is 1.90 bits per heavy atom. The summed E-state index contributed by atoms with van der Waals surface area (Å²) in [5, 5.41) is 14.6. The highest BCUT2D eigenvalue weighted by atomic mass is 16.3. The molecule has 0 bridgehead atoms. The number of nitroso groups, excluding NO2 is 1. The Labute approximate surface area is 174 Å². The fourth-order valence-electron chi connectivity index (χ4n) is 6.08. The van der Waals surface area contributed by atoms with Crippen LogP contribution in [0.15, 0.2) is 29.4 Å². The van der Waals surface area contributed by atoms with E-state index in [1.807, 2.05) is 28.8 Å². The van der Waals surface area contributed by atoms with Crippen molar-refractivity contribution in [2.24, 2.45) is 17.0 Å². The first-order valence-electron chi connectivity index (χ1n) is 11.5. The molecule has 1 aromatic carbocycles. The second-order valence-electron chi connectivity index (χ2n) is 9.22. The van der Waals surface area contributed by atoms with Gasteiger partial charge >= 0.3 is 0 Å². The largest absolute Gasteiger partial charge is 0.493 e. The van der Waals surface area contributed by atoms with Crippen molar-refractivity contribution in [1.82, 2.24) is 9.47 Å². The van der Waals surface area contributed by atoms with Gasteiger partial charge in [-0.05, 0) is 55.2 Å². The number of nitrogens with zero attached hydrogens (tertiary/aromatic N) is 3. The van der Waals surface area contributed by atoms with Crippen LogP contribution in [0.5, 0.6) is 5.88 Å². The minimum atomic E-state index is 0.0338. The molecule has 5 nitrogen and oxygen atoms in total. The van der Waals surface area contributed by atoms with Gasteiger partial charge in [0.05, 0.1) is 5.52 Å². The van der Waals surface area contributed by atoms with E-state index >= 15 is 0 Å². The standard InChI is InChI=1S/C24H35N3O2/c1-3-4-9-18-10-7-8-17(2)23(18)26-15-13-19(14-16-26)27-21-12-6-5-11-20(21)22(25-29)24(27)28/h5-6,11-12,17-19,23,28H,3-4,7-10,13-16H2,1-2H3. The summed E-state index contributed by atoms with van der Waals surface area (Å²) in [5.74, 6) is 1.64. The third-order valence-corrected chi connectivity index (χ3v) is 7.46. The molecule has 1 aliphatic heterocycles. The maximum atomic E-state index is 11.3. The molecule has 2 fully saturated rings. The zero-order valence-corrected chi connectivity index (χ0v) is 17.9. The molecule has 29 heavy (non-hydrogen) atoms. The number of hydrogen-bond donors (Lipinski definition) is 1. The summed E-state index contributed by atoms with van der Waals surface area (Å²) in [4.78, 5) is 14.1. The Kier molecular flexibility index (Phi) is 6.23. The van der Waals surface area contributed by atoms with Gasteiger partial charge in [-0.15, -0.1) is 4.91 Å². The highest BCUT2D eigenvalue weighted by Crippen LogP contribution is 2.44. The number of hydrogen-bond acceptors (Lipinski definition) is 4. The summed E-state index contributed by atoms with van der Waals surface area (Å²) >= 11 is 0. The van der Waals surface area contributed by atoms with Crippen molar-refractivity contribution in [3.05, 3.63) is 29.2 Å². The molecule has 1 saturated carbocycles. The van der Waals surface area contributed by atoms with Crippen molar-refractivity contribution >= 4 is 16.6 Å². The molecule has 1 aromatic heterocycles. The van der Waals surface area contributed by atoms with E-state index in [9.17, 15) is 10.0 Å². The quantitative estimate of drug-likeness (QED) is 0.576.